The highest BCUT2D eigenvalue weighted by Gasteiger charge is 2.09. The fourth-order valence-corrected chi connectivity index (χ4v) is 1.78. The molecule has 3 aromatic rings. The van der Waals surface area contributed by atoms with Crippen molar-refractivity contribution in [2.75, 3.05) is 0 Å². The largest absolute Gasteiger partial charge is 0.463 e. The topological polar surface area (TPSA) is 51.8 Å². The van der Waals surface area contributed by atoms with Crippen LogP contribution >= 0.6 is 11.6 Å². The van der Waals surface area contributed by atoms with Crippen LogP contribution < -0.4 is 0 Å². The van der Waals surface area contributed by atoms with Crippen LogP contribution in [-0.4, -0.2) is 15.0 Å². The molecule has 18 heavy (non-hydrogen) atoms. The van der Waals surface area contributed by atoms with Crippen molar-refractivity contribution >= 4 is 11.6 Å². The van der Waals surface area contributed by atoms with Crippen molar-refractivity contribution in [3.05, 3.63) is 54.1 Å². The van der Waals surface area contributed by atoms with E-state index < -0.39 is 0 Å². The standard InChI is InChI=1S/C13H8ClN3O/c14-12-7-10(11-4-2-6-18-11)16-13(17-12)9-3-1-5-15-8-9/h1-8H. The van der Waals surface area contributed by atoms with Gasteiger partial charge in [0.25, 0.3) is 0 Å². The number of halogens is 1. The van der Waals surface area contributed by atoms with E-state index in [1.807, 2.05) is 18.2 Å². The molecule has 0 bridgehead atoms. The molecule has 0 aliphatic carbocycles. The van der Waals surface area contributed by atoms with Crippen LogP contribution in [0, 0.1) is 0 Å². The molecule has 3 rings (SSSR count). The molecule has 0 spiro atoms. The molecule has 5 heteroatoms. The first-order chi connectivity index (χ1) is 8.83. The number of aromatic nitrogens is 3. The zero-order valence-corrected chi connectivity index (χ0v) is 10.0. The maximum Gasteiger partial charge on any atom is 0.163 e. The van der Waals surface area contributed by atoms with Crippen LogP contribution in [0.2, 0.25) is 5.15 Å². The van der Waals surface area contributed by atoms with Gasteiger partial charge < -0.3 is 4.42 Å². The van der Waals surface area contributed by atoms with Gasteiger partial charge in [-0.25, -0.2) is 9.97 Å². The minimum absolute atomic E-state index is 0.371. The summed E-state index contributed by atoms with van der Waals surface area (Å²) < 4.78 is 5.30. The average Bonchev–Trinajstić information content (AvgIpc) is 2.93. The van der Waals surface area contributed by atoms with Gasteiger partial charge in [0.1, 0.15) is 10.8 Å². The maximum absolute atomic E-state index is 6.00. The molecule has 88 valence electrons. The van der Waals surface area contributed by atoms with Crippen LogP contribution in [0.15, 0.2) is 53.4 Å². The lowest BCUT2D eigenvalue weighted by molar-refractivity contribution is 0.580. The Morgan fingerprint density at radius 3 is 2.78 bits per heavy atom. The zero-order valence-electron chi connectivity index (χ0n) is 9.25. The van der Waals surface area contributed by atoms with Gasteiger partial charge in [-0.2, -0.15) is 0 Å². The Morgan fingerprint density at radius 1 is 1.11 bits per heavy atom. The first-order valence-electron chi connectivity index (χ1n) is 5.32. The summed E-state index contributed by atoms with van der Waals surface area (Å²) in [6, 6.07) is 9.00. The number of hydrogen-bond donors (Lipinski definition) is 0. The van der Waals surface area contributed by atoms with Gasteiger partial charge in [0.15, 0.2) is 11.6 Å². The molecule has 3 aromatic heterocycles. The van der Waals surface area contributed by atoms with E-state index in [0.29, 0.717) is 22.4 Å². The van der Waals surface area contributed by atoms with E-state index in [1.54, 1.807) is 30.8 Å². The van der Waals surface area contributed by atoms with Gasteiger partial charge in [0, 0.05) is 24.0 Å². The van der Waals surface area contributed by atoms with Gasteiger partial charge in [-0.3, -0.25) is 4.98 Å². The summed E-state index contributed by atoms with van der Waals surface area (Å²) in [5.41, 5.74) is 1.46. The smallest absolute Gasteiger partial charge is 0.163 e. The van der Waals surface area contributed by atoms with Gasteiger partial charge >= 0.3 is 0 Å². The van der Waals surface area contributed by atoms with E-state index >= 15 is 0 Å². The third kappa shape index (κ3) is 2.10. The molecule has 0 aliphatic rings. The van der Waals surface area contributed by atoms with Crippen molar-refractivity contribution in [1.82, 2.24) is 15.0 Å². The number of pyridine rings is 1. The van der Waals surface area contributed by atoms with Gasteiger partial charge in [-0.1, -0.05) is 11.6 Å². The van der Waals surface area contributed by atoms with Crippen molar-refractivity contribution < 1.29 is 4.42 Å². The van der Waals surface area contributed by atoms with Crippen molar-refractivity contribution in [1.29, 1.82) is 0 Å². The quantitative estimate of drug-likeness (QED) is 0.660. The predicted molar refractivity (Wildman–Crippen MR) is 68.0 cm³/mol. The molecule has 0 radical (unpaired) electrons. The second-order valence-electron chi connectivity index (χ2n) is 3.62. The molecule has 0 saturated heterocycles. The molecule has 0 saturated carbocycles. The molecule has 0 amide bonds. The monoisotopic (exact) mass is 257 g/mol. The van der Waals surface area contributed by atoms with Crippen LogP contribution in [0.5, 0.6) is 0 Å². The Hall–Kier alpha value is -2.20. The summed E-state index contributed by atoms with van der Waals surface area (Å²) in [5.74, 6) is 1.19. The van der Waals surface area contributed by atoms with Crippen molar-refractivity contribution in [2.45, 2.75) is 0 Å². The Labute approximate surface area is 108 Å². The first-order valence-corrected chi connectivity index (χ1v) is 5.69. The van der Waals surface area contributed by atoms with E-state index in [1.165, 1.54) is 0 Å². The molecule has 0 aromatic carbocycles. The summed E-state index contributed by atoms with van der Waals surface area (Å²) in [5, 5.41) is 0.371. The van der Waals surface area contributed by atoms with Crippen molar-refractivity contribution in [3.63, 3.8) is 0 Å². The number of furan rings is 1. The summed E-state index contributed by atoms with van der Waals surface area (Å²) in [7, 11) is 0. The highest BCUT2D eigenvalue weighted by Crippen LogP contribution is 2.23. The zero-order chi connectivity index (χ0) is 12.4. The minimum atomic E-state index is 0.371. The lowest BCUT2D eigenvalue weighted by Gasteiger charge is -2.02. The van der Waals surface area contributed by atoms with Gasteiger partial charge in [0.05, 0.1) is 6.26 Å². The van der Waals surface area contributed by atoms with Gasteiger partial charge in [-0.15, -0.1) is 0 Å². The normalized spacial score (nSPS) is 10.5. The molecule has 0 aliphatic heterocycles. The average molecular weight is 258 g/mol. The fraction of sp³-hybridized carbons (Fsp3) is 0. The van der Waals surface area contributed by atoms with Crippen molar-refractivity contribution in [3.8, 4) is 22.8 Å². The van der Waals surface area contributed by atoms with Crippen LogP contribution in [0.4, 0.5) is 0 Å². The molecule has 0 unspecified atom stereocenters. The third-order valence-corrected chi connectivity index (χ3v) is 2.58. The lowest BCUT2D eigenvalue weighted by Crippen LogP contribution is -1.92. The molecule has 0 fully saturated rings. The van der Waals surface area contributed by atoms with E-state index in [2.05, 4.69) is 15.0 Å². The SMILES string of the molecule is Clc1cc(-c2ccco2)nc(-c2cccnc2)n1. The molecule has 3 heterocycles. The van der Waals surface area contributed by atoms with Gasteiger partial charge in [-0.05, 0) is 24.3 Å². The Balaban J connectivity index is 2.12. The van der Waals surface area contributed by atoms with E-state index in [4.69, 9.17) is 16.0 Å². The second-order valence-corrected chi connectivity index (χ2v) is 4.01. The molecular weight excluding hydrogens is 250 g/mol. The van der Waals surface area contributed by atoms with Crippen LogP contribution in [-0.2, 0) is 0 Å². The highest BCUT2D eigenvalue weighted by molar-refractivity contribution is 6.29. The number of nitrogens with zero attached hydrogens (tertiary/aromatic N) is 3. The number of rotatable bonds is 2. The van der Waals surface area contributed by atoms with E-state index in [9.17, 15) is 0 Å². The number of hydrogen-bond acceptors (Lipinski definition) is 4. The summed E-state index contributed by atoms with van der Waals surface area (Å²) in [6.45, 7) is 0. The molecular formula is C13H8ClN3O. The third-order valence-electron chi connectivity index (χ3n) is 2.39. The predicted octanol–water partition coefficient (Wildman–Crippen LogP) is 3.45. The van der Waals surface area contributed by atoms with Crippen molar-refractivity contribution in [2.24, 2.45) is 0 Å². The van der Waals surface area contributed by atoms with Crippen LogP contribution in [0.25, 0.3) is 22.8 Å². The second kappa shape index (κ2) is 4.58. The van der Waals surface area contributed by atoms with Crippen LogP contribution in [0.1, 0.15) is 0 Å². The summed E-state index contributed by atoms with van der Waals surface area (Å²) in [4.78, 5) is 12.6. The Kier molecular flexibility index (Phi) is 2.78. The molecule has 0 atom stereocenters. The summed E-state index contributed by atoms with van der Waals surface area (Å²) in [6.07, 6.45) is 4.98. The van der Waals surface area contributed by atoms with E-state index in [-0.39, 0.29) is 0 Å². The minimum Gasteiger partial charge on any atom is -0.463 e. The fourth-order valence-electron chi connectivity index (χ4n) is 1.59. The molecule has 4 nitrogen and oxygen atoms in total. The van der Waals surface area contributed by atoms with Crippen LogP contribution in [0.3, 0.4) is 0 Å². The first kappa shape index (κ1) is 10.9. The lowest BCUT2D eigenvalue weighted by atomic mass is 10.2. The van der Waals surface area contributed by atoms with Gasteiger partial charge in [0.2, 0.25) is 0 Å². The summed E-state index contributed by atoms with van der Waals surface area (Å²) >= 11 is 6.00. The maximum atomic E-state index is 6.00. The van der Waals surface area contributed by atoms with E-state index in [0.717, 1.165) is 5.56 Å². The highest BCUT2D eigenvalue weighted by atomic mass is 35.5. The Morgan fingerprint density at radius 2 is 2.06 bits per heavy atom. The Bertz CT molecular complexity index is 653. The molecule has 0 N–H and O–H groups in total.